The van der Waals surface area contributed by atoms with Crippen LogP contribution in [-0.4, -0.2) is 45.6 Å². The first-order chi connectivity index (χ1) is 16.6. The summed E-state index contributed by atoms with van der Waals surface area (Å²) in [7, 11) is 0. The van der Waals surface area contributed by atoms with Crippen molar-refractivity contribution in [3.63, 3.8) is 0 Å². The zero-order valence-electron chi connectivity index (χ0n) is 18.6. The number of para-hydroxylation sites is 1. The van der Waals surface area contributed by atoms with Crippen molar-refractivity contribution < 1.29 is 9.53 Å². The van der Waals surface area contributed by atoms with E-state index in [1.165, 1.54) is 12.4 Å². The second-order valence-electron chi connectivity index (χ2n) is 7.87. The number of nitrogens with one attached hydrogen (secondary N) is 2. The lowest BCUT2D eigenvalue weighted by molar-refractivity contribution is -0.127. The Balaban J connectivity index is 1.56. The molecule has 1 atom stereocenters. The fraction of sp³-hybridized carbons (Fsp3) is 0.192. The molecule has 8 heteroatoms. The molecule has 8 nitrogen and oxygen atoms in total. The lowest BCUT2D eigenvalue weighted by Gasteiger charge is -2.33. The average Bonchev–Trinajstić information content (AvgIpc) is 2.89. The highest BCUT2D eigenvalue weighted by Crippen LogP contribution is 2.26. The number of piperidine rings is 1. The highest BCUT2D eigenvalue weighted by atomic mass is 16.5. The summed E-state index contributed by atoms with van der Waals surface area (Å²) in [5, 5.41) is 21.9. The van der Waals surface area contributed by atoms with Gasteiger partial charge in [-0.15, -0.1) is 0 Å². The number of carbonyl (C=O) groups is 1. The molecule has 1 aromatic heterocycles. The number of likely N-dealkylation sites (tertiary alicyclic amines) is 1. The summed E-state index contributed by atoms with van der Waals surface area (Å²) in [6, 6.07) is 16.5. The van der Waals surface area contributed by atoms with E-state index < -0.39 is 0 Å². The molecule has 0 aliphatic carbocycles. The van der Waals surface area contributed by atoms with E-state index in [2.05, 4.69) is 27.9 Å². The highest BCUT2D eigenvalue weighted by molar-refractivity contribution is 6.14. The quantitative estimate of drug-likeness (QED) is 0.411. The number of benzene rings is 2. The van der Waals surface area contributed by atoms with Gasteiger partial charge in [0.05, 0.1) is 22.9 Å². The van der Waals surface area contributed by atoms with Gasteiger partial charge in [0.2, 0.25) is 5.91 Å². The maximum absolute atomic E-state index is 12.0. The Labute approximate surface area is 198 Å². The van der Waals surface area contributed by atoms with E-state index in [0.717, 1.165) is 12.8 Å². The van der Waals surface area contributed by atoms with Crippen LogP contribution < -0.4 is 10.1 Å². The first-order valence-corrected chi connectivity index (χ1v) is 10.9. The number of hydrogen-bond acceptors (Lipinski definition) is 7. The first kappa shape index (κ1) is 22.7. The summed E-state index contributed by atoms with van der Waals surface area (Å²) in [6.07, 6.45) is 6.02. The lowest BCUT2D eigenvalue weighted by Crippen LogP contribution is -2.44. The van der Waals surface area contributed by atoms with Gasteiger partial charge in [-0.25, -0.2) is 9.97 Å². The Bertz CT molecular complexity index is 1250. The van der Waals surface area contributed by atoms with Gasteiger partial charge in [-0.05, 0) is 49.2 Å². The Morgan fingerprint density at radius 2 is 2.06 bits per heavy atom. The van der Waals surface area contributed by atoms with Crippen molar-refractivity contribution in [2.45, 2.75) is 18.9 Å². The van der Waals surface area contributed by atoms with Gasteiger partial charge in [-0.2, -0.15) is 5.26 Å². The van der Waals surface area contributed by atoms with Gasteiger partial charge in [0.1, 0.15) is 23.6 Å². The standard InChI is InChI=1S/C26H24N6O2/c1-2-24(33)32-12-6-7-19(16-32)31-26-23(15-29-17-30-26)25(28)22-11-10-21(13-18(22)14-27)34-20-8-4-3-5-9-20/h2-5,8-11,13,15,17,19,28H,1,6-7,12,16H2,(H,29,30,31). The van der Waals surface area contributed by atoms with E-state index in [4.69, 9.17) is 10.1 Å². The predicted molar refractivity (Wildman–Crippen MR) is 129 cm³/mol. The number of nitriles is 1. The summed E-state index contributed by atoms with van der Waals surface area (Å²) in [6.45, 7) is 4.78. The van der Waals surface area contributed by atoms with Gasteiger partial charge in [0, 0.05) is 30.9 Å². The topological polar surface area (TPSA) is 115 Å². The molecule has 1 unspecified atom stereocenters. The molecule has 1 aliphatic rings. The van der Waals surface area contributed by atoms with Gasteiger partial charge >= 0.3 is 0 Å². The molecular weight excluding hydrogens is 428 g/mol. The molecule has 2 heterocycles. The third-order valence-corrected chi connectivity index (χ3v) is 5.59. The molecule has 0 spiro atoms. The molecule has 3 aromatic rings. The molecule has 0 radical (unpaired) electrons. The average molecular weight is 453 g/mol. The molecule has 1 saturated heterocycles. The van der Waals surface area contributed by atoms with Crippen LogP contribution in [0.15, 0.2) is 73.7 Å². The van der Waals surface area contributed by atoms with Gasteiger partial charge < -0.3 is 15.0 Å². The molecule has 170 valence electrons. The van der Waals surface area contributed by atoms with Gasteiger partial charge in [-0.3, -0.25) is 10.2 Å². The smallest absolute Gasteiger partial charge is 0.246 e. The van der Waals surface area contributed by atoms with Crippen LogP contribution in [0.2, 0.25) is 0 Å². The van der Waals surface area contributed by atoms with Gasteiger partial charge in [-0.1, -0.05) is 24.8 Å². The van der Waals surface area contributed by atoms with Crippen molar-refractivity contribution in [1.82, 2.24) is 14.9 Å². The first-order valence-electron chi connectivity index (χ1n) is 10.9. The fourth-order valence-electron chi connectivity index (χ4n) is 3.91. The molecule has 4 rings (SSSR count). The van der Waals surface area contributed by atoms with Crippen LogP contribution in [0, 0.1) is 16.7 Å². The van der Waals surface area contributed by atoms with Crippen LogP contribution in [0.5, 0.6) is 11.5 Å². The van der Waals surface area contributed by atoms with Gasteiger partial charge in [0.25, 0.3) is 0 Å². The van der Waals surface area contributed by atoms with Crippen LogP contribution in [0.25, 0.3) is 0 Å². The van der Waals surface area contributed by atoms with Crippen LogP contribution >= 0.6 is 0 Å². The number of nitrogens with zero attached hydrogens (tertiary/aromatic N) is 4. The number of rotatable bonds is 7. The normalized spacial score (nSPS) is 15.1. The zero-order valence-corrected chi connectivity index (χ0v) is 18.6. The Hall–Kier alpha value is -4.51. The van der Waals surface area contributed by atoms with Crippen molar-refractivity contribution in [2.24, 2.45) is 0 Å². The maximum atomic E-state index is 12.0. The third-order valence-electron chi connectivity index (χ3n) is 5.59. The van der Waals surface area contributed by atoms with Crippen LogP contribution in [0.4, 0.5) is 5.82 Å². The molecule has 1 amide bonds. The SMILES string of the molecule is C=CC(=O)N1CCCC(Nc2ncncc2C(=N)c2ccc(Oc3ccccc3)cc2C#N)C1. The second-order valence-corrected chi connectivity index (χ2v) is 7.87. The van der Waals surface area contributed by atoms with Gasteiger partial charge in [0.15, 0.2) is 0 Å². The molecule has 1 fully saturated rings. The minimum Gasteiger partial charge on any atom is -0.457 e. The number of ether oxygens (including phenoxy) is 1. The predicted octanol–water partition coefficient (Wildman–Crippen LogP) is 4.15. The van der Waals surface area contributed by atoms with Crippen LogP contribution in [0.3, 0.4) is 0 Å². The van der Waals surface area contributed by atoms with Crippen molar-refractivity contribution in [3.05, 3.63) is 90.4 Å². The largest absolute Gasteiger partial charge is 0.457 e. The summed E-state index contributed by atoms with van der Waals surface area (Å²) < 4.78 is 5.83. The third kappa shape index (κ3) is 5.10. The molecule has 1 aliphatic heterocycles. The molecule has 34 heavy (non-hydrogen) atoms. The summed E-state index contributed by atoms with van der Waals surface area (Å²) >= 11 is 0. The molecule has 2 N–H and O–H groups in total. The van der Waals surface area contributed by atoms with Crippen molar-refractivity contribution in [2.75, 3.05) is 18.4 Å². The van der Waals surface area contributed by atoms with E-state index >= 15 is 0 Å². The Morgan fingerprint density at radius 1 is 1.24 bits per heavy atom. The number of carbonyl (C=O) groups excluding carboxylic acids is 1. The van der Waals surface area contributed by atoms with E-state index in [1.807, 2.05) is 30.3 Å². The number of anilines is 1. The Kier molecular flexibility index (Phi) is 6.94. The van der Waals surface area contributed by atoms with E-state index in [-0.39, 0.29) is 17.7 Å². The monoisotopic (exact) mass is 452 g/mol. The maximum Gasteiger partial charge on any atom is 0.246 e. The number of hydrogen-bond donors (Lipinski definition) is 2. The minimum atomic E-state index is -0.0985. The molecule has 0 bridgehead atoms. The van der Waals surface area contributed by atoms with E-state index in [0.29, 0.717) is 47.1 Å². The van der Waals surface area contributed by atoms with E-state index in [9.17, 15) is 10.1 Å². The zero-order chi connectivity index (χ0) is 23.9. The fourth-order valence-corrected chi connectivity index (χ4v) is 3.91. The Morgan fingerprint density at radius 3 is 2.82 bits per heavy atom. The molecular formula is C26H24N6O2. The second kappa shape index (κ2) is 10.4. The summed E-state index contributed by atoms with van der Waals surface area (Å²) in [5.41, 5.74) is 1.37. The van der Waals surface area contributed by atoms with Crippen LogP contribution in [0.1, 0.15) is 29.5 Å². The summed E-state index contributed by atoms with van der Waals surface area (Å²) in [4.78, 5) is 22.2. The lowest BCUT2D eigenvalue weighted by atomic mass is 9.98. The summed E-state index contributed by atoms with van der Waals surface area (Å²) in [5.74, 6) is 1.56. The molecule has 2 aromatic carbocycles. The van der Waals surface area contributed by atoms with Crippen LogP contribution in [-0.2, 0) is 4.79 Å². The van der Waals surface area contributed by atoms with Crippen molar-refractivity contribution >= 4 is 17.4 Å². The number of amides is 1. The van der Waals surface area contributed by atoms with Crippen molar-refractivity contribution in [3.8, 4) is 17.6 Å². The molecule has 0 saturated carbocycles. The number of aromatic nitrogens is 2. The highest BCUT2D eigenvalue weighted by Gasteiger charge is 2.24. The van der Waals surface area contributed by atoms with Crippen molar-refractivity contribution in [1.29, 1.82) is 10.7 Å². The van der Waals surface area contributed by atoms with E-state index in [1.54, 1.807) is 29.3 Å². The minimum absolute atomic E-state index is 0.0174.